The van der Waals surface area contributed by atoms with Crippen molar-refractivity contribution in [3.63, 3.8) is 0 Å². The largest absolute Gasteiger partial charge is 0.384 e. The van der Waals surface area contributed by atoms with E-state index in [1.54, 1.807) is 0 Å². The van der Waals surface area contributed by atoms with Gasteiger partial charge in [-0.25, -0.2) is 0 Å². The maximum atomic E-state index is 4.74. The van der Waals surface area contributed by atoms with Gasteiger partial charge in [-0.1, -0.05) is 17.7 Å². The topological polar surface area (TPSA) is 29.9 Å². The molecule has 1 unspecified atom stereocenters. The fraction of sp³-hybridized carbons (Fsp3) is 0.471. The number of nitrogens with one attached hydrogen (secondary N) is 1. The molecule has 3 nitrogen and oxygen atoms in total. The molecule has 1 aliphatic carbocycles. The van der Waals surface area contributed by atoms with E-state index in [-0.39, 0.29) is 0 Å². The van der Waals surface area contributed by atoms with Gasteiger partial charge in [-0.05, 0) is 50.8 Å². The number of rotatable bonds is 3. The van der Waals surface area contributed by atoms with Crippen LogP contribution in [-0.4, -0.2) is 16.3 Å². The van der Waals surface area contributed by atoms with Crippen LogP contribution in [0.2, 0.25) is 0 Å². The molecule has 0 fully saturated rings. The van der Waals surface area contributed by atoms with E-state index in [0.717, 1.165) is 6.54 Å². The lowest BCUT2D eigenvalue weighted by Gasteiger charge is -2.22. The normalized spacial score (nSPS) is 17.9. The molecular weight excluding hydrogens is 246 g/mol. The molecule has 0 aliphatic heterocycles. The third-order valence-electron chi connectivity index (χ3n) is 4.46. The summed E-state index contributed by atoms with van der Waals surface area (Å²) >= 11 is 0. The summed E-state index contributed by atoms with van der Waals surface area (Å²) in [5.74, 6) is 0.542. The minimum Gasteiger partial charge on any atom is -0.384 e. The first-order valence-electron chi connectivity index (χ1n) is 7.48. The molecule has 0 amide bonds. The second-order valence-electron chi connectivity index (χ2n) is 5.91. The van der Waals surface area contributed by atoms with Crippen LogP contribution < -0.4 is 5.32 Å². The molecule has 0 saturated carbocycles. The van der Waals surface area contributed by atoms with Crippen molar-refractivity contribution in [3.05, 3.63) is 46.8 Å². The number of hydrogen-bond acceptors (Lipinski definition) is 2. The first-order valence-corrected chi connectivity index (χ1v) is 7.48. The van der Waals surface area contributed by atoms with Gasteiger partial charge in [0.1, 0.15) is 0 Å². The minimum atomic E-state index is 0.542. The van der Waals surface area contributed by atoms with Gasteiger partial charge in [-0.15, -0.1) is 0 Å². The molecule has 0 radical (unpaired) electrons. The average molecular weight is 269 g/mol. The molecule has 1 aromatic heterocycles. The Morgan fingerprint density at radius 3 is 2.75 bits per heavy atom. The van der Waals surface area contributed by atoms with Crippen LogP contribution in [-0.2, 0) is 13.5 Å². The Labute approximate surface area is 121 Å². The van der Waals surface area contributed by atoms with Gasteiger partial charge in [0.25, 0.3) is 0 Å². The maximum absolute atomic E-state index is 4.74. The molecule has 1 atom stereocenters. The summed E-state index contributed by atoms with van der Waals surface area (Å²) in [4.78, 5) is 0. The smallest absolute Gasteiger partial charge is 0.0707 e. The van der Waals surface area contributed by atoms with Crippen LogP contribution in [0.25, 0.3) is 0 Å². The molecule has 0 spiro atoms. The summed E-state index contributed by atoms with van der Waals surface area (Å²) in [6, 6.07) is 8.62. The molecular formula is C17H23N3. The van der Waals surface area contributed by atoms with Gasteiger partial charge in [0.2, 0.25) is 0 Å². The molecule has 3 heteroatoms. The van der Waals surface area contributed by atoms with Crippen LogP contribution in [0.5, 0.6) is 0 Å². The Kier molecular flexibility index (Phi) is 3.51. The predicted octanol–water partition coefficient (Wildman–Crippen LogP) is 3.57. The first-order chi connectivity index (χ1) is 9.65. The summed E-state index contributed by atoms with van der Waals surface area (Å²) in [7, 11) is 2.05. The van der Waals surface area contributed by atoms with E-state index in [2.05, 4.69) is 50.5 Å². The van der Waals surface area contributed by atoms with E-state index in [1.165, 1.54) is 47.5 Å². The van der Waals surface area contributed by atoms with Crippen LogP contribution in [0, 0.1) is 13.8 Å². The molecule has 3 rings (SSSR count). The Hall–Kier alpha value is -1.77. The SMILES string of the molecule is Cc1ccc(NCC2CCCc3c2nn(C)c3C)cc1. The predicted molar refractivity (Wildman–Crippen MR) is 83.3 cm³/mol. The van der Waals surface area contributed by atoms with Crippen molar-refractivity contribution >= 4 is 5.69 Å². The highest BCUT2D eigenvalue weighted by atomic mass is 15.3. The molecule has 1 heterocycles. The fourth-order valence-corrected chi connectivity index (χ4v) is 3.09. The maximum Gasteiger partial charge on any atom is 0.0707 e. The zero-order chi connectivity index (χ0) is 14.1. The summed E-state index contributed by atoms with van der Waals surface area (Å²) in [6.45, 7) is 5.28. The van der Waals surface area contributed by atoms with Gasteiger partial charge in [-0.2, -0.15) is 5.10 Å². The van der Waals surface area contributed by atoms with Crippen LogP contribution in [0.15, 0.2) is 24.3 Å². The van der Waals surface area contributed by atoms with Crippen molar-refractivity contribution in [2.24, 2.45) is 7.05 Å². The van der Waals surface area contributed by atoms with Crippen molar-refractivity contribution in [1.82, 2.24) is 9.78 Å². The van der Waals surface area contributed by atoms with E-state index in [4.69, 9.17) is 5.10 Å². The highest BCUT2D eigenvalue weighted by Crippen LogP contribution is 2.32. The van der Waals surface area contributed by atoms with Gasteiger partial charge < -0.3 is 5.32 Å². The molecule has 1 N–H and O–H groups in total. The van der Waals surface area contributed by atoms with Crippen molar-refractivity contribution in [3.8, 4) is 0 Å². The second kappa shape index (κ2) is 5.31. The molecule has 2 aromatic rings. The third-order valence-corrected chi connectivity index (χ3v) is 4.46. The molecule has 0 saturated heterocycles. The van der Waals surface area contributed by atoms with E-state index < -0.39 is 0 Å². The summed E-state index contributed by atoms with van der Waals surface area (Å²) in [6.07, 6.45) is 3.71. The van der Waals surface area contributed by atoms with Crippen LogP contribution in [0.4, 0.5) is 5.69 Å². The Balaban J connectivity index is 1.73. The van der Waals surface area contributed by atoms with Crippen molar-refractivity contribution < 1.29 is 0 Å². The number of benzene rings is 1. The van der Waals surface area contributed by atoms with E-state index in [1.807, 2.05) is 4.68 Å². The minimum absolute atomic E-state index is 0.542. The van der Waals surface area contributed by atoms with Gasteiger partial charge >= 0.3 is 0 Å². The Morgan fingerprint density at radius 1 is 1.25 bits per heavy atom. The van der Waals surface area contributed by atoms with E-state index in [0.29, 0.717) is 5.92 Å². The fourth-order valence-electron chi connectivity index (χ4n) is 3.09. The van der Waals surface area contributed by atoms with Crippen molar-refractivity contribution in [2.45, 2.75) is 39.0 Å². The van der Waals surface area contributed by atoms with Crippen molar-refractivity contribution in [1.29, 1.82) is 0 Å². The Morgan fingerprint density at radius 2 is 2.00 bits per heavy atom. The second-order valence-corrected chi connectivity index (χ2v) is 5.91. The lowest BCUT2D eigenvalue weighted by Crippen LogP contribution is -2.18. The Bertz CT molecular complexity index is 595. The van der Waals surface area contributed by atoms with Crippen LogP contribution in [0.3, 0.4) is 0 Å². The molecule has 106 valence electrons. The summed E-state index contributed by atoms with van der Waals surface area (Å²) < 4.78 is 2.04. The quantitative estimate of drug-likeness (QED) is 0.923. The zero-order valence-electron chi connectivity index (χ0n) is 12.6. The molecule has 1 aliphatic rings. The summed E-state index contributed by atoms with van der Waals surface area (Å²) in [5.41, 5.74) is 6.64. The number of hydrogen-bond donors (Lipinski definition) is 1. The number of aromatic nitrogens is 2. The van der Waals surface area contributed by atoms with Crippen molar-refractivity contribution in [2.75, 3.05) is 11.9 Å². The number of aryl methyl sites for hydroxylation is 2. The van der Waals surface area contributed by atoms with E-state index >= 15 is 0 Å². The molecule has 1 aromatic carbocycles. The average Bonchev–Trinajstić information content (AvgIpc) is 2.75. The van der Waals surface area contributed by atoms with E-state index in [9.17, 15) is 0 Å². The highest BCUT2D eigenvalue weighted by Gasteiger charge is 2.25. The van der Waals surface area contributed by atoms with Gasteiger partial charge in [-0.3, -0.25) is 4.68 Å². The van der Waals surface area contributed by atoms with Gasteiger partial charge in [0.15, 0.2) is 0 Å². The van der Waals surface area contributed by atoms with Gasteiger partial charge in [0.05, 0.1) is 5.69 Å². The number of anilines is 1. The summed E-state index contributed by atoms with van der Waals surface area (Å²) in [5, 5.41) is 8.30. The first kappa shape index (κ1) is 13.2. The lowest BCUT2D eigenvalue weighted by atomic mass is 9.86. The monoisotopic (exact) mass is 269 g/mol. The highest BCUT2D eigenvalue weighted by molar-refractivity contribution is 5.45. The molecule has 0 bridgehead atoms. The van der Waals surface area contributed by atoms with Gasteiger partial charge in [0, 0.05) is 30.9 Å². The lowest BCUT2D eigenvalue weighted by molar-refractivity contribution is 0.554. The third kappa shape index (κ3) is 2.45. The van der Waals surface area contributed by atoms with Crippen LogP contribution in [0.1, 0.15) is 41.3 Å². The van der Waals surface area contributed by atoms with Crippen LogP contribution >= 0.6 is 0 Å². The molecule has 20 heavy (non-hydrogen) atoms. The zero-order valence-corrected chi connectivity index (χ0v) is 12.6. The number of fused-ring (bicyclic) bond motifs is 1. The standard InChI is InChI=1S/C17H23N3/c1-12-7-9-15(10-8-12)18-11-14-5-4-6-16-13(2)20(3)19-17(14)16/h7-10,14,18H,4-6,11H2,1-3H3. The number of nitrogens with zero attached hydrogens (tertiary/aromatic N) is 2.